The summed E-state index contributed by atoms with van der Waals surface area (Å²) in [6.07, 6.45) is 3.59. The van der Waals surface area contributed by atoms with Gasteiger partial charge in [-0.3, -0.25) is 4.68 Å². The molecule has 0 aliphatic carbocycles. The van der Waals surface area contributed by atoms with Crippen LogP contribution in [0.1, 0.15) is 23.6 Å². The van der Waals surface area contributed by atoms with E-state index in [2.05, 4.69) is 11.2 Å². The Kier molecular flexibility index (Phi) is 3.63. The quantitative estimate of drug-likeness (QED) is 0.826. The highest BCUT2D eigenvalue weighted by Gasteiger charge is 2.03. The highest BCUT2D eigenvalue weighted by atomic mass is 16.5. The van der Waals surface area contributed by atoms with Crippen LogP contribution in [-0.2, 0) is 6.54 Å². The Morgan fingerprint density at radius 3 is 2.94 bits per heavy atom. The van der Waals surface area contributed by atoms with Gasteiger partial charge in [0.15, 0.2) is 5.75 Å². The molecule has 0 N–H and O–H groups in total. The number of nitrogens with zero attached hydrogens (tertiary/aromatic N) is 3. The highest BCUT2D eigenvalue weighted by Crippen LogP contribution is 2.14. The fourth-order valence-corrected chi connectivity index (χ4v) is 1.79. The van der Waals surface area contributed by atoms with Crippen molar-refractivity contribution in [3.8, 4) is 11.8 Å². The van der Waals surface area contributed by atoms with Crippen molar-refractivity contribution in [2.45, 2.75) is 20.4 Å². The molecule has 1 aromatic heterocycles. The molecule has 0 bridgehead atoms. The fraction of sp³-hybridized carbons (Fsp3) is 0.286. The zero-order chi connectivity index (χ0) is 13.0. The van der Waals surface area contributed by atoms with Crippen LogP contribution in [0.15, 0.2) is 30.6 Å². The van der Waals surface area contributed by atoms with Gasteiger partial charge in [0.25, 0.3) is 0 Å². The van der Waals surface area contributed by atoms with Gasteiger partial charge in [-0.1, -0.05) is 6.07 Å². The van der Waals surface area contributed by atoms with Gasteiger partial charge in [-0.15, -0.1) is 0 Å². The molecule has 0 saturated heterocycles. The lowest BCUT2D eigenvalue weighted by Crippen LogP contribution is -2.02. The molecular weight excluding hydrogens is 226 g/mol. The number of nitriles is 1. The minimum absolute atomic E-state index is 0.640. The van der Waals surface area contributed by atoms with E-state index in [9.17, 15) is 0 Å². The van der Waals surface area contributed by atoms with Crippen molar-refractivity contribution in [3.05, 3.63) is 47.3 Å². The second-order valence-electron chi connectivity index (χ2n) is 4.06. The van der Waals surface area contributed by atoms with Gasteiger partial charge in [0.1, 0.15) is 0 Å². The van der Waals surface area contributed by atoms with Crippen LogP contribution in [0.4, 0.5) is 0 Å². The standard InChI is InChI=1S/C14H15N3O/c1-3-18-14-8-16-17(10-14)9-13-5-4-12(7-15)6-11(13)2/h4-6,8,10H,3,9H2,1-2H3. The molecule has 2 rings (SSSR count). The zero-order valence-corrected chi connectivity index (χ0v) is 10.6. The lowest BCUT2D eigenvalue weighted by molar-refractivity contribution is 0.340. The highest BCUT2D eigenvalue weighted by molar-refractivity contribution is 5.37. The Balaban J connectivity index is 2.15. The number of aryl methyl sites for hydroxylation is 1. The van der Waals surface area contributed by atoms with E-state index in [1.54, 1.807) is 6.20 Å². The van der Waals surface area contributed by atoms with E-state index in [-0.39, 0.29) is 0 Å². The third-order valence-electron chi connectivity index (χ3n) is 2.72. The predicted octanol–water partition coefficient (Wildman–Crippen LogP) is 2.51. The summed E-state index contributed by atoms with van der Waals surface area (Å²) >= 11 is 0. The summed E-state index contributed by atoms with van der Waals surface area (Å²) in [4.78, 5) is 0. The molecule has 0 spiro atoms. The van der Waals surface area contributed by atoms with Crippen molar-refractivity contribution in [2.75, 3.05) is 6.61 Å². The maximum atomic E-state index is 8.82. The molecule has 0 fully saturated rings. The summed E-state index contributed by atoms with van der Waals surface area (Å²) in [5.74, 6) is 0.781. The molecule has 4 nitrogen and oxygen atoms in total. The van der Waals surface area contributed by atoms with E-state index in [1.165, 1.54) is 0 Å². The van der Waals surface area contributed by atoms with Crippen molar-refractivity contribution in [3.63, 3.8) is 0 Å². The summed E-state index contributed by atoms with van der Waals surface area (Å²) in [5, 5.41) is 13.1. The molecule has 1 heterocycles. The fourth-order valence-electron chi connectivity index (χ4n) is 1.79. The van der Waals surface area contributed by atoms with Crippen molar-refractivity contribution in [1.82, 2.24) is 9.78 Å². The summed E-state index contributed by atoms with van der Waals surface area (Å²) in [6, 6.07) is 7.83. The molecule has 0 atom stereocenters. The Bertz CT molecular complexity index is 581. The lowest BCUT2D eigenvalue weighted by atomic mass is 10.1. The molecule has 0 aliphatic heterocycles. The first kappa shape index (κ1) is 12.2. The van der Waals surface area contributed by atoms with E-state index in [1.807, 2.05) is 42.9 Å². The maximum absolute atomic E-state index is 8.82. The molecule has 0 radical (unpaired) electrons. The molecule has 18 heavy (non-hydrogen) atoms. The third kappa shape index (κ3) is 2.69. The summed E-state index contributed by atoms with van der Waals surface area (Å²) < 4.78 is 7.20. The second kappa shape index (κ2) is 5.37. The number of rotatable bonds is 4. The Morgan fingerprint density at radius 2 is 2.28 bits per heavy atom. The molecular formula is C14H15N3O. The van der Waals surface area contributed by atoms with Crippen LogP contribution in [-0.4, -0.2) is 16.4 Å². The van der Waals surface area contributed by atoms with E-state index in [0.717, 1.165) is 16.9 Å². The number of hydrogen-bond donors (Lipinski definition) is 0. The van der Waals surface area contributed by atoms with Gasteiger partial charge in [-0.25, -0.2) is 0 Å². The first-order valence-corrected chi connectivity index (χ1v) is 5.88. The van der Waals surface area contributed by atoms with E-state index < -0.39 is 0 Å². The minimum Gasteiger partial charge on any atom is -0.491 e. The lowest BCUT2D eigenvalue weighted by Gasteiger charge is -2.06. The minimum atomic E-state index is 0.640. The molecule has 0 saturated carbocycles. The number of benzene rings is 1. The molecule has 0 aliphatic rings. The maximum Gasteiger partial charge on any atom is 0.157 e. The first-order valence-electron chi connectivity index (χ1n) is 5.88. The van der Waals surface area contributed by atoms with Crippen molar-refractivity contribution in [2.24, 2.45) is 0 Å². The number of aromatic nitrogens is 2. The van der Waals surface area contributed by atoms with Crippen LogP contribution in [0.25, 0.3) is 0 Å². The monoisotopic (exact) mass is 241 g/mol. The van der Waals surface area contributed by atoms with Crippen molar-refractivity contribution in [1.29, 1.82) is 5.26 Å². The van der Waals surface area contributed by atoms with Crippen molar-refractivity contribution >= 4 is 0 Å². The Morgan fingerprint density at radius 1 is 1.44 bits per heavy atom. The van der Waals surface area contributed by atoms with Gasteiger partial charge in [-0.2, -0.15) is 10.4 Å². The van der Waals surface area contributed by atoms with E-state index in [0.29, 0.717) is 18.7 Å². The second-order valence-corrected chi connectivity index (χ2v) is 4.06. The van der Waals surface area contributed by atoms with E-state index >= 15 is 0 Å². The SMILES string of the molecule is CCOc1cnn(Cc2ccc(C#N)cc2C)c1. The molecule has 4 heteroatoms. The first-order chi connectivity index (χ1) is 8.72. The van der Waals surface area contributed by atoms with Crippen LogP contribution < -0.4 is 4.74 Å². The molecule has 92 valence electrons. The van der Waals surface area contributed by atoms with Crippen LogP contribution >= 0.6 is 0 Å². The molecule has 0 unspecified atom stereocenters. The average Bonchev–Trinajstić information content (AvgIpc) is 2.80. The Labute approximate surface area is 106 Å². The van der Waals surface area contributed by atoms with Crippen molar-refractivity contribution < 1.29 is 4.74 Å². The van der Waals surface area contributed by atoms with Crippen LogP contribution in [0.3, 0.4) is 0 Å². The predicted molar refractivity (Wildman–Crippen MR) is 68.4 cm³/mol. The van der Waals surface area contributed by atoms with Gasteiger partial charge >= 0.3 is 0 Å². The molecule has 1 aromatic carbocycles. The summed E-state index contributed by atoms with van der Waals surface area (Å²) in [6.45, 7) is 5.28. The smallest absolute Gasteiger partial charge is 0.157 e. The van der Waals surface area contributed by atoms with Gasteiger partial charge in [0.05, 0.1) is 37.2 Å². The molecule has 2 aromatic rings. The van der Waals surface area contributed by atoms with Crippen LogP contribution in [0, 0.1) is 18.3 Å². The zero-order valence-electron chi connectivity index (χ0n) is 10.6. The van der Waals surface area contributed by atoms with Crippen LogP contribution in [0.2, 0.25) is 0 Å². The molecule has 0 amide bonds. The summed E-state index contributed by atoms with van der Waals surface area (Å²) in [5.41, 5.74) is 2.94. The topological polar surface area (TPSA) is 50.8 Å². The van der Waals surface area contributed by atoms with Crippen LogP contribution in [0.5, 0.6) is 5.75 Å². The largest absolute Gasteiger partial charge is 0.491 e. The normalized spacial score (nSPS) is 10.1. The Hall–Kier alpha value is -2.28. The van der Waals surface area contributed by atoms with E-state index in [4.69, 9.17) is 10.00 Å². The number of ether oxygens (including phenoxy) is 1. The van der Waals surface area contributed by atoms with Gasteiger partial charge in [0.2, 0.25) is 0 Å². The van der Waals surface area contributed by atoms with Gasteiger partial charge in [0, 0.05) is 0 Å². The summed E-state index contributed by atoms with van der Waals surface area (Å²) in [7, 11) is 0. The van der Waals surface area contributed by atoms with Gasteiger partial charge < -0.3 is 4.74 Å². The number of hydrogen-bond acceptors (Lipinski definition) is 3. The third-order valence-corrected chi connectivity index (χ3v) is 2.72. The average molecular weight is 241 g/mol. The van der Waals surface area contributed by atoms with Gasteiger partial charge in [-0.05, 0) is 37.1 Å².